The fourth-order valence-electron chi connectivity index (χ4n) is 2.39. The van der Waals surface area contributed by atoms with Gasteiger partial charge in [-0.2, -0.15) is 0 Å². The third-order valence-electron chi connectivity index (χ3n) is 3.27. The molecule has 1 aliphatic rings. The molecule has 0 radical (unpaired) electrons. The molecule has 1 fully saturated rings. The SMILES string of the molecule is CC(C)C[C@@H](NC(=O)OC(C)(C)C)C(=O)OC1CCCC1. The first-order valence-electron chi connectivity index (χ1n) is 7.87. The van der Waals surface area contributed by atoms with E-state index in [9.17, 15) is 9.59 Å². The van der Waals surface area contributed by atoms with Crippen molar-refractivity contribution in [1.29, 1.82) is 0 Å². The van der Waals surface area contributed by atoms with Crippen LogP contribution in [0.25, 0.3) is 0 Å². The van der Waals surface area contributed by atoms with Crippen molar-refractivity contribution in [2.75, 3.05) is 0 Å². The van der Waals surface area contributed by atoms with E-state index in [1.165, 1.54) is 0 Å². The lowest BCUT2D eigenvalue weighted by atomic mass is 10.0. The van der Waals surface area contributed by atoms with Crippen molar-refractivity contribution >= 4 is 12.1 Å². The van der Waals surface area contributed by atoms with E-state index in [0.29, 0.717) is 6.42 Å². The Morgan fingerprint density at radius 3 is 2.24 bits per heavy atom. The van der Waals surface area contributed by atoms with Crippen LogP contribution < -0.4 is 5.32 Å². The van der Waals surface area contributed by atoms with Crippen LogP contribution in [0.4, 0.5) is 4.79 Å². The van der Waals surface area contributed by atoms with Crippen molar-refractivity contribution < 1.29 is 19.1 Å². The number of rotatable bonds is 5. The van der Waals surface area contributed by atoms with Crippen LogP contribution in [-0.4, -0.2) is 29.8 Å². The van der Waals surface area contributed by atoms with Crippen molar-refractivity contribution in [2.45, 2.75) is 84.5 Å². The molecule has 122 valence electrons. The molecule has 1 atom stereocenters. The fourth-order valence-corrected chi connectivity index (χ4v) is 2.39. The Kier molecular flexibility index (Phi) is 6.49. The highest BCUT2D eigenvalue weighted by Crippen LogP contribution is 2.22. The Balaban J connectivity index is 2.57. The molecule has 0 aliphatic heterocycles. The van der Waals surface area contributed by atoms with Crippen LogP contribution in [0, 0.1) is 5.92 Å². The van der Waals surface area contributed by atoms with Crippen LogP contribution in [0.15, 0.2) is 0 Å². The molecular formula is C16H29NO4. The maximum atomic E-state index is 12.2. The number of alkyl carbamates (subject to hydrolysis) is 1. The first-order chi connectivity index (χ1) is 9.67. The van der Waals surface area contributed by atoms with Crippen molar-refractivity contribution in [3.8, 4) is 0 Å². The fraction of sp³-hybridized carbons (Fsp3) is 0.875. The third-order valence-corrected chi connectivity index (χ3v) is 3.27. The molecule has 1 N–H and O–H groups in total. The minimum absolute atomic E-state index is 0.00704. The Morgan fingerprint density at radius 2 is 1.76 bits per heavy atom. The molecule has 0 unspecified atom stereocenters. The van der Waals surface area contributed by atoms with Crippen molar-refractivity contribution in [2.24, 2.45) is 5.92 Å². The number of nitrogens with one attached hydrogen (secondary N) is 1. The van der Waals surface area contributed by atoms with Crippen LogP contribution in [0.5, 0.6) is 0 Å². The summed E-state index contributed by atoms with van der Waals surface area (Å²) in [6.45, 7) is 9.39. The van der Waals surface area contributed by atoms with Gasteiger partial charge in [-0.3, -0.25) is 0 Å². The molecular weight excluding hydrogens is 270 g/mol. The lowest BCUT2D eigenvalue weighted by Crippen LogP contribution is -2.45. The van der Waals surface area contributed by atoms with Crippen molar-refractivity contribution in [3.63, 3.8) is 0 Å². The van der Waals surface area contributed by atoms with Crippen LogP contribution in [0.2, 0.25) is 0 Å². The van der Waals surface area contributed by atoms with Gasteiger partial charge in [0.05, 0.1) is 0 Å². The van der Waals surface area contributed by atoms with Gasteiger partial charge in [-0.05, 0) is 58.8 Å². The van der Waals surface area contributed by atoms with E-state index in [-0.39, 0.29) is 18.0 Å². The molecule has 0 heterocycles. The Morgan fingerprint density at radius 1 is 1.19 bits per heavy atom. The predicted octanol–water partition coefficient (Wildman–Crippen LogP) is 3.41. The molecule has 0 aromatic carbocycles. The van der Waals surface area contributed by atoms with Gasteiger partial charge in [0.25, 0.3) is 0 Å². The molecule has 1 rings (SSSR count). The minimum atomic E-state index is -0.638. The van der Waals surface area contributed by atoms with Gasteiger partial charge in [-0.25, -0.2) is 9.59 Å². The van der Waals surface area contributed by atoms with Gasteiger partial charge < -0.3 is 14.8 Å². The zero-order valence-electron chi connectivity index (χ0n) is 13.9. The van der Waals surface area contributed by atoms with Gasteiger partial charge in [-0.1, -0.05) is 13.8 Å². The summed E-state index contributed by atoms with van der Waals surface area (Å²) in [5.41, 5.74) is -0.582. The molecule has 0 bridgehead atoms. The van der Waals surface area contributed by atoms with E-state index in [0.717, 1.165) is 25.7 Å². The van der Waals surface area contributed by atoms with Crippen molar-refractivity contribution in [1.82, 2.24) is 5.32 Å². The monoisotopic (exact) mass is 299 g/mol. The Labute approximate surface area is 127 Å². The first kappa shape index (κ1) is 17.8. The van der Waals surface area contributed by atoms with Gasteiger partial charge in [0.15, 0.2) is 0 Å². The third kappa shape index (κ3) is 7.34. The average molecular weight is 299 g/mol. The van der Waals surface area contributed by atoms with Gasteiger partial charge in [0.2, 0.25) is 0 Å². The highest BCUT2D eigenvalue weighted by molar-refractivity contribution is 5.81. The zero-order valence-corrected chi connectivity index (χ0v) is 13.9. The van der Waals surface area contributed by atoms with E-state index in [1.54, 1.807) is 20.8 Å². The van der Waals surface area contributed by atoms with Gasteiger partial charge in [0, 0.05) is 0 Å². The standard InChI is InChI=1S/C16H29NO4/c1-11(2)10-13(17-15(19)21-16(3,4)5)14(18)20-12-8-6-7-9-12/h11-13H,6-10H2,1-5H3,(H,17,19)/t13-/m1/s1. The Bertz CT molecular complexity index is 354. The van der Waals surface area contributed by atoms with E-state index in [4.69, 9.17) is 9.47 Å². The van der Waals surface area contributed by atoms with Gasteiger partial charge in [0.1, 0.15) is 17.7 Å². The van der Waals surface area contributed by atoms with Crippen LogP contribution >= 0.6 is 0 Å². The molecule has 0 saturated heterocycles. The van der Waals surface area contributed by atoms with Crippen LogP contribution in [0.3, 0.4) is 0 Å². The summed E-state index contributed by atoms with van der Waals surface area (Å²) in [6, 6.07) is -0.638. The highest BCUT2D eigenvalue weighted by atomic mass is 16.6. The second kappa shape index (κ2) is 7.66. The molecule has 0 aromatic rings. The number of carbonyl (C=O) groups excluding carboxylic acids is 2. The summed E-state index contributed by atoms with van der Waals surface area (Å²) in [5, 5.41) is 2.64. The summed E-state index contributed by atoms with van der Waals surface area (Å²) in [6.07, 6.45) is 4.03. The van der Waals surface area contributed by atoms with E-state index >= 15 is 0 Å². The number of ether oxygens (including phenoxy) is 2. The molecule has 1 amide bonds. The van der Waals surface area contributed by atoms with Gasteiger partial charge in [-0.15, -0.1) is 0 Å². The largest absolute Gasteiger partial charge is 0.461 e. The van der Waals surface area contributed by atoms with Crippen molar-refractivity contribution in [3.05, 3.63) is 0 Å². The first-order valence-corrected chi connectivity index (χ1v) is 7.87. The maximum absolute atomic E-state index is 12.2. The number of amides is 1. The van der Waals surface area contributed by atoms with E-state index in [2.05, 4.69) is 5.32 Å². The minimum Gasteiger partial charge on any atom is -0.461 e. The number of esters is 1. The highest BCUT2D eigenvalue weighted by Gasteiger charge is 2.29. The molecule has 5 nitrogen and oxygen atoms in total. The topological polar surface area (TPSA) is 64.6 Å². The zero-order chi connectivity index (χ0) is 16.0. The van der Waals surface area contributed by atoms with Crippen LogP contribution in [0.1, 0.15) is 66.7 Å². The van der Waals surface area contributed by atoms with Crippen LogP contribution in [-0.2, 0) is 14.3 Å². The summed E-state index contributed by atoms with van der Waals surface area (Å²) in [4.78, 5) is 24.1. The molecule has 21 heavy (non-hydrogen) atoms. The van der Waals surface area contributed by atoms with E-state index < -0.39 is 17.7 Å². The molecule has 0 spiro atoms. The summed E-state index contributed by atoms with van der Waals surface area (Å²) < 4.78 is 10.7. The number of hydrogen-bond donors (Lipinski definition) is 1. The molecule has 1 aliphatic carbocycles. The number of carbonyl (C=O) groups is 2. The lowest BCUT2D eigenvalue weighted by Gasteiger charge is -2.24. The molecule has 5 heteroatoms. The summed E-state index contributed by atoms with van der Waals surface area (Å²) >= 11 is 0. The smallest absolute Gasteiger partial charge is 0.408 e. The average Bonchev–Trinajstić information content (AvgIpc) is 2.77. The van der Waals surface area contributed by atoms with Gasteiger partial charge >= 0.3 is 12.1 Å². The normalized spacial score (nSPS) is 17.6. The number of hydrogen-bond acceptors (Lipinski definition) is 4. The summed E-state index contributed by atoms with van der Waals surface area (Å²) in [5.74, 6) is -0.0671. The predicted molar refractivity (Wildman–Crippen MR) is 81.0 cm³/mol. The second-order valence-corrected chi connectivity index (χ2v) is 7.17. The molecule has 1 saturated carbocycles. The maximum Gasteiger partial charge on any atom is 0.408 e. The summed E-state index contributed by atoms with van der Waals surface area (Å²) in [7, 11) is 0. The Hall–Kier alpha value is -1.26. The second-order valence-electron chi connectivity index (χ2n) is 7.17. The van der Waals surface area contributed by atoms with E-state index in [1.807, 2.05) is 13.8 Å². The lowest BCUT2D eigenvalue weighted by molar-refractivity contribution is -0.151. The quantitative estimate of drug-likeness (QED) is 0.790. The molecule has 0 aromatic heterocycles.